The van der Waals surface area contributed by atoms with E-state index in [0.29, 0.717) is 0 Å². The first kappa shape index (κ1) is 13.8. The highest BCUT2D eigenvalue weighted by Crippen LogP contribution is 2.17. The second-order valence-corrected chi connectivity index (χ2v) is 5.19. The van der Waals surface area contributed by atoms with Crippen molar-refractivity contribution >= 4 is 10.9 Å². The highest BCUT2D eigenvalue weighted by Gasteiger charge is 2.09. The van der Waals surface area contributed by atoms with Crippen LogP contribution in [0.25, 0.3) is 10.9 Å². The van der Waals surface area contributed by atoms with Crippen molar-refractivity contribution in [3.05, 3.63) is 47.9 Å². The molecule has 0 saturated carbocycles. The van der Waals surface area contributed by atoms with E-state index in [1.807, 2.05) is 24.7 Å². The molecule has 0 fully saturated rings. The van der Waals surface area contributed by atoms with E-state index >= 15 is 0 Å². The Hall–Kier alpha value is -2.21. The Kier molecular flexibility index (Phi) is 3.70. The quantitative estimate of drug-likeness (QED) is 0.784. The lowest BCUT2D eigenvalue weighted by Crippen LogP contribution is -2.20. The molecule has 2 heterocycles. The molecule has 0 aliphatic rings. The van der Waals surface area contributed by atoms with E-state index < -0.39 is 0 Å². The number of aromatic amines is 1. The highest BCUT2D eigenvalue weighted by molar-refractivity contribution is 5.80. The van der Waals surface area contributed by atoms with Crippen molar-refractivity contribution < 1.29 is 4.39 Å². The Morgan fingerprint density at radius 2 is 2.14 bits per heavy atom. The molecule has 0 radical (unpaired) electrons. The maximum absolute atomic E-state index is 13.2. The predicted octanol–water partition coefficient (Wildman–Crippen LogP) is 2.55. The van der Waals surface area contributed by atoms with Crippen LogP contribution in [0, 0.1) is 5.82 Å². The summed E-state index contributed by atoms with van der Waals surface area (Å²) in [6.45, 7) is 4.32. The van der Waals surface area contributed by atoms with E-state index in [9.17, 15) is 4.39 Å². The summed E-state index contributed by atoms with van der Waals surface area (Å²) in [5.41, 5.74) is 2.01. The predicted molar refractivity (Wildman–Crippen MR) is 79.1 cm³/mol. The van der Waals surface area contributed by atoms with E-state index in [4.69, 9.17) is 0 Å². The van der Waals surface area contributed by atoms with Crippen LogP contribution in [-0.2, 0) is 19.6 Å². The number of hydrogen-bond acceptors (Lipinski definition) is 3. The number of hydrogen-bond donors (Lipinski definition) is 1. The van der Waals surface area contributed by atoms with E-state index in [2.05, 4.69) is 20.0 Å². The molecule has 1 N–H and O–H groups in total. The lowest BCUT2D eigenvalue weighted by molar-refractivity contribution is 0.300. The molecule has 0 aliphatic heterocycles. The van der Waals surface area contributed by atoms with Crippen LogP contribution in [0.5, 0.6) is 0 Å². The van der Waals surface area contributed by atoms with E-state index in [-0.39, 0.29) is 5.82 Å². The van der Waals surface area contributed by atoms with Gasteiger partial charge in [-0.1, -0.05) is 0 Å². The van der Waals surface area contributed by atoms with Crippen molar-refractivity contribution in [3.8, 4) is 0 Å². The first-order chi connectivity index (χ1) is 10.2. The Balaban J connectivity index is 1.72. The lowest BCUT2D eigenvalue weighted by Gasteiger charge is -2.15. The molecule has 0 aliphatic carbocycles. The van der Waals surface area contributed by atoms with Gasteiger partial charge in [0.1, 0.15) is 18.0 Å². The fourth-order valence-electron chi connectivity index (χ4n) is 2.51. The summed E-state index contributed by atoms with van der Waals surface area (Å²) >= 11 is 0. The van der Waals surface area contributed by atoms with Gasteiger partial charge in [-0.15, -0.1) is 0 Å². The monoisotopic (exact) mass is 287 g/mol. The zero-order valence-corrected chi connectivity index (χ0v) is 12.2. The number of halogens is 1. The van der Waals surface area contributed by atoms with Crippen LogP contribution < -0.4 is 0 Å². The molecule has 0 spiro atoms. The molecule has 3 rings (SSSR count). The number of nitrogens with zero attached hydrogens (tertiary/aromatic N) is 4. The van der Waals surface area contributed by atoms with Crippen molar-refractivity contribution in [1.29, 1.82) is 0 Å². The van der Waals surface area contributed by atoms with Crippen LogP contribution in [0.15, 0.2) is 30.6 Å². The van der Waals surface area contributed by atoms with Crippen LogP contribution in [0.2, 0.25) is 0 Å². The number of fused-ring (bicyclic) bond motifs is 1. The van der Waals surface area contributed by atoms with Crippen LogP contribution in [-0.4, -0.2) is 31.7 Å². The molecular formula is C15H18FN5. The fourth-order valence-corrected chi connectivity index (χ4v) is 2.51. The van der Waals surface area contributed by atoms with Gasteiger partial charge in [0.25, 0.3) is 0 Å². The minimum Gasteiger partial charge on any atom is -0.357 e. The van der Waals surface area contributed by atoms with Gasteiger partial charge < -0.3 is 4.98 Å². The minimum atomic E-state index is -0.211. The average molecular weight is 287 g/mol. The van der Waals surface area contributed by atoms with Crippen molar-refractivity contribution in [2.24, 2.45) is 0 Å². The van der Waals surface area contributed by atoms with Gasteiger partial charge in [0, 0.05) is 29.7 Å². The molecule has 3 aromatic rings. The minimum absolute atomic E-state index is 0.211. The number of aryl methyl sites for hydroxylation is 1. The lowest BCUT2D eigenvalue weighted by atomic mass is 10.2. The largest absolute Gasteiger partial charge is 0.357 e. The van der Waals surface area contributed by atoms with Gasteiger partial charge in [0.15, 0.2) is 0 Å². The van der Waals surface area contributed by atoms with Crippen LogP contribution in [0.4, 0.5) is 4.39 Å². The maximum atomic E-state index is 13.2. The van der Waals surface area contributed by atoms with Crippen LogP contribution in [0.3, 0.4) is 0 Å². The molecule has 2 aromatic heterocycles. The Morgan fingerprint density at radius 3 is 2.95 bits per heavy atom. The third kappa shape index (κ3) is 2.95. The Bertz CT molecular complexity index is 745. The number of rotatable bonds is 5. The van der Waals surface area contributed by atoms with Crippen molar-refractivity contribution in [1.82, 2.24) is 24.6 Å². The van der Waals surface area contributed by atoms with Crippen LogP contribution >= 0.6 is 0 Å². The first-order valence-electron chi connectivity index (χ1n) is 6.98. The standard InChI is InChI=1S/C15H18FN5/c1-3-21-15(17-10-18-21)9-20(2)8-13-7-11-6-12(16)4-5-14(11)19-13/h4-7,10,19H,3,8-9H2,1-2H3. The summed E-state index contributed by atoms with van der Waals surface area (Å²) < 4.78 is 15.1. The summed E-state index contributed by atoms with van der Waals surface area (Å²) in [4.78, 5) is 9.73. The normalized spacial score (nSPS) is 11.6. The van der Waals surface area contributed by atoms with Gasteiger partial charge in [0.05, 0.1) is 6.54 Å². The topological polar surface area (TPSA) is 49.7 Å². The summed E-state index contributed by atoms with van der Waals surface area (Å²) in [5.74, 6) is 0.736. The van der Waals surface area contributed by atoms with Gasteiger partial charge in [0.2, 0.25) is 0 Å². The number of nitrogens with one attached hydrogen (secondary N) is 1. The van der Waals surface area contributed by atoms with Gasteiger partial charge >= 0.3 is 0 Å². The summed E-state index contributed by atoms with van der Waals surface area (Å²) in [5, 5.41) is 5.07. The molecule has 0 amide bonds. The second kappa shape index (κ2) is 5.65. The second-order valence-electron chi connectivity index (χ2n) is 5.19. The molecule has 110 valence electrons. The van der Waals surface area contributed by atoms with Crippen LogP contribution in [0.1, 0.15) is 18.4 Å². The van der Waals surface area contributed by atoms with Gasteiger partial charge in [-0.2, -0.15) is 5.10 Å². The molecule has 1 aromatic carbocycles. The zero-order valence-electron chi connectivity index (χ0n) is 12.2. The first-order valence-corrected chi connectivity index (χ1v) is 6.98. The SMILES string of the molecule is CCn1ncnc1CN(C)Cc1cc2cc(F)ccc2[nH]1. The number of aromatic nitrogens is 4. The summed E-state index contributed by atoms with van der Waals surface area (Å²) in [6.07, 6.45) is 1.58. The van der Waals surface area contributed by atoms with E-state index in [0.717, 1.165) is 42.1 Å². The molecule has 0 bridgehead atoms. The summed E-state index contributed by atoms with van der Waals surface area (Å²) in [6, 6.07) is 6.76. The average Bonchev–Trinajstić information content (AvgIpc) is 3.03. The van der Waals surface area contributed by atoms with Crippen molar-refractivity contribution in [3.63, 3.8) is 0 Å². The zero-order chi connectivity index (χ0) is 14.8. The molecule has 0 atom stereocenters. The van der Waals surface area contributed by atoms with Crippen molar-refractivity contribution in [2.75, 3.05) is 7.05 Å². The van der Waals surface area contributed by atoms with E-state index in [1.54, 1.807) is 18.5 Å². The van der Waals surface area contributed by atoms with Gasteiger partial charge in [-0.05, 0) is 38.2 Å². The fraction of sp³-hybridized carbons (Fsp3) is 0.333. The number of benzene rings is 1. The highest BCUT2D eigenvalue weighted by atomic mass is 19.1. The summed E-state index contributed by atoms with van der Waals surface area (Å²) in [7, 11) is 2.03. The smallest absolute Gasteiger partial charge is 0.140 e. The third-order valence-corrected chi connectivity index (χ3v) is 3.49. The Morgan fingerprint density at radius 1 is 1.29 bits per heavy atom. The van der Waals surface area contributed by atoms with Gasteiger partial charge in [-0.25, -0.2) is 14.1 Å². The van der Waals surface area contributed by atoms with Crippen molar-refractivity contribution in [2.45, 2.75) is 26.6 Å². The molecule has 0 saturated heterocycles. The molecule has 21 heavy (non-hydrogen) atoms. The Labute approximate surface area is 122 Å². The molecular weight excluding hydrogens is 269 g/mol. The van der Waals surface area contributed by atoms with E-state index in [1.165, 1.54) is 6.07 Å². The molecule has 5 nitrogen and oxygen atoms in total. The molecule has 0 unspecified atom stereocenters. The third-order valence-electron chi connectivity index (χ3n) is 3.49. The molecule has 6 heteroatoms. The number of H-pyrrole nitrogens is 1. The maximum Gasteiger partial charge on any atom is 0.140 e. The van der Waals surface area contributed by atoms with Gasteiger partial charge in [-0.3, -0.25) is 4.90 Å².